The topological polar surface area (TPSA) is 9.23 Å². The van der Waals surface area contributed by atoms with Crippen molar-refractivity contribution in [1.82, 2.24) is 0 Å². The van der Waals surface area contributed by atoms with E-state index in [9.17, 15) is 0 Å². The first-order valence-corrected chi connectivity index (χ1v) is 10.2. The lowest BCUT2D eigenvalue weighted by Gasteiger charge is -2.40. The maximum Gasteiger partial charge on any atom is 0.102 e. The van der Waals surface area contributed by atoms with Gasteiger partial charge in [0.05, 0.1) is 32.8 Å². The number of hydrogen-bond acceptors (Lipinski definition) is 1. The predicted octanol–water partition coefficient (Wildman–Crippen LogP) is 5.26. The number of unbranched alkanes of at least 4 members (excludes halogenated alkanes) is 2. The molecule has 2 nitrogen and oxygen atoms in total. The van der Waals surface area contributed by atoms with Crippen molar-refractivity contribution in [3.05, 3.63) is 0 Å². The number of nitrogens with zero attached hydrogens (tertiary/aromatic N) is 1. The third kappa shape index (κ3) is 3.79. The molecule has 3 atom stereocenters. The van der Waals surface area contributed by atoms with Crippen LogP contribution in [0.4, 0.5) is 0 Å². The first-order valence-electron chi connectivity index (χ1n) is 10.2. The molecule has 23 heavy (non-hydrogen) atoms. The van der Waals surface area contributed by atoms with E-state index < -0.39 is 0 Å². The third-order valence-electron chi connectivity index (χ3n) is 7.77. The maximum atomic E-state index is 6.52. The van der Waals surface area contributed by atoms with Crippen molar-refractivity contribution in [1.29, 1.82) is 0 Å². The fraction of sp³-hybridized carbons (Fsp3) is 1.00. The van der Waals surface area contributed by atoms with E-state index in [0.717, 1.165) is 12.5 Å². The number of rotatable bonds is 10. The molecule has 2 bridgehead atoms. The minimum Gasteiger partial charge on any atom is -0.372 e. The van der Waals surface area contributed by atoms with Crippen molar-refractivity contribution >= 4 is 0 Å². The van der Waals surface area contributed by atoms with Crippen LogP contribution in [0.1, 0.15) is 79.6 Å². The summed E-state index contributed by atoms with van der Waals surface area (Å²) in [4.78, 5) is 0. The van der Waals surface area contributed by atoms with Crippen LogP contribution in [-0.2, 0) is 4.74 Å². The van der Waals surface area contributed by atoms with Crippen molar-refractivity contribution in [3.8, 4) is 0 Å². The first-order chi connectivity index (χ1) is 10.8. The molecule has 0 heterocycles. The molecule has 0 amide bonds. The fourth-order valence-electron chi connectivity index (χ4n) is 5.21. The average Bonchev–Trinajstić information content (AvgIpc) is 2.84. The molecule has 0 aliphatic heterocycles. The monoisotopic (exact) mass is 324 g/mol. The number of quaternary nitrogens is 1. The molecular weight excluding hydrogens is 282 g/mol. The van der Waals surface area contributed by atoms with Gasteiger partial charge in [-0.25, -0.2) is 0 Å². The van der Waals surface area contributed by atoms with E-state index in [-0.39, 0.29) is 0 Å². The lowest BCUT2D eigenvalue weighted by molar-refractivity contribution is -0.910. The first kappa shape index (κ1) is 19.2. The van der Waals surface area contributed by atoms with E-state index in [1.807, 2.05) is 0 Å². The highest BCUT2D eigenvalue weighted by Crippen LogP contribution is 2.66. The molecule has 0 N–H and O–H groups in total. The molecule has 2 aliphatic carbocycles. The summed E-state index contributed by atoms with van der Waals surface area (Å²) in [5.41, 5.74) is 0.883. The quantitative estimate of drug-likeness (QED) is 0.498. The van der Waals surface area contributed by atoms with Gasteiger partial charge in [0.1, 0.15) is 6.54 Å². The second kappa shape index (κ2) is 7.44. The Morgan fingerprint density at radius 1 is 1.00 bits per heavy atom. The van der Waals surface area contributed by atoms with Gasteiger partial charge in [0.25, 0.3) is 0 Å². The minimum atomic E-state index is 0.411. The van der Waals surface area contributed by atoms with E-state index in [1.54, 1.807) is 0 Å². The summed E-state index contributed by atoms with van der Waals surface area (Å²) in [6.07, 6.45) is 9.89. The van der Waals surface area contributed by atoms with Crippen LogP contribution in [0.25, 0.3) is 0 Å². The van der Waals surface area contributed by atoms with Gasteiger partial charge in [-0.05, 0) is 48.9 Å². The Balaban J connectivity index is 1.85. The van der Waals surface area contributed by atoms with Gasteiger partial charge in [0, 0.05) is 0 Å². The van der Waals surface area contributed by atoms with E-state index in [0.29, 0.717) is 16.9 Å². The second-order valence-electron chi connectivity index (χ2n) is 9.47. The molecule has 2 saturated carbocycles. The van der Waals surface area contributed by atoms with Crippen molar-refractivity contribution in [3.63, 3.8) is 0 Å². The molecule has 0 saturated heterocycles. The Morgan fingerprint density at radius 2 is 1.61 bits per heavy atom. The van der Waals surface area contributed by atoms with Crippen molar-refractivity contribution in [2.75, 3.05) is 33.3 Å². The van der Waals surface area contributed by atoms with Gasteiger partial charge in [-0.2, -0.15) is 0 Å². The van der Waals surface area contributed by atoms with Gasteiger partial charge in [-0.1, -0.05) is 47.5 Å². The summed E-state index contributed by atoms with van der Waals surface area (Å²) in [5.74, 6) is 0.888. The van der Waals surface area contributed by atoms with Gasteiger partial charge in [0.15, 0.2) is 0 Å². The molecule has 0 aromatic carbocycles. The second-order valence-corrected chi connectivity index (χ2v) is 9.47. The van der Waals surface area contributed by atoms with Crippen LogP contribution < -0.4 is 0 Å². The van der Waals surface area contributed by atoms with Crippen molar-refractivity contribution in [2.45, 2.75) is 85.7 Å². The highest BCUT2D eigenvalue weighted by molar-refractivity contribution is 5.11. The van der Waals surface area contributed by atoms with Crippen molar-refractivity contribution in [2.24, 2.45) is 16.7 Å². The van der Waals surface area contributed by atoms with Crippen LogP contribution in [0.2, 0.25) is 0 Å². The molecule has 2 heteroatoms. The van der Waals surface area contributed by atoms with Gasteiger partial charge in [-0.3, -0.25) is 0 Å². The molecule has 2 rings (SSSR count). The van der Waals surface area contributed by atoms with Gasteiger partial charge < -0.3 is 9.22 Å². The summed E-state index contributed by atoms with van der Waals surface area (Å²) in [6, 6.07) is 0. The number of likely N-dealkylation sites (N-methyl/N-ethyl adjacent to an activating group) is 1. The molecule has 0 unspecified atom stereocenters. The maximum absolute atomic E-state index is 6.52. The number of ether oxygens (including phenoxy) is 1. The molecule has 0 aromatic rings. The SMILES string of the molecule is CCCC[N+](C)(CCCC)CCO[C@@H]1C[C@H]2CC[C@@]1(C)C2(C)C. The van der Waals surface area contributed by atoms with Crippen LogP contribution in [0.15, 0.2) is 0 Å². The average molecular weight is 325 g/mol. The lowest BCUT2D eigenvalue weighted by Crippen LogP contribution is -2.48. The molecule has 136 valence electrons. The Hall–Kier alpha value is -0.0800. The Morgan fingerprint density at radius 3 is 2.04 bits per heavy atom. The van der Waals surface area contributed by atoms with E-state index >= 15 is 0 Å². The largest absolute Gasteiger partial charge is 0.372 e. The van der Waals surface area contributed by atoms with Crippen molar-refractivity contribution < 1.29 is 9.22 Å². The zero-order valence-corrected chi connectivity index (χ0v) is 16.8. The molecule has 2 fully saturated rings. The third-order valence-corrected chi connectivity index (χ3v) is 7.77. The number of hydrogen-bond donors (Lipinski definition) is 0. The number of fused-ring (bicyclic) bond motifs is 2. The fourth-order valence-corrected chi connectivity index (χ4v) is 5.21. The van der Waals surface area contributed by atoms with Crippen LogP contribution >= 0.6 is 0 Å². The van der Waals surface area contributed by atoms with Crippen LogP contribution in [0.3, 0.4) is 0 Å². The molecule has 0 aromatic heterocycles. The van der Waals surface area contributed by atoms with Gasteiger partial charge in [-0.15, -0.1) is 0 Å². The summed E-state index contributed by atoms with van der Waals surface area (Å²) >= 11 is 0. The normalized spacial score (nSPS) is 32.6. The smallest absolute Gasteiger partial charge is 0.102 e. The van der Waals surface area contributed by atoms with Crippen LogP contribution in [0.5, 0.6) is 0 Å². The van der Waals surface area contributed by atoms with E-state index in [4.69, 9.17) is 4.74 Å². The zero-order chi connectivity index (χ0) is 17.1. The Bertz CT molecular complexity index is 370. The summed E-state index contributed by atoms with van der Waals surface area (Å²) in [5, 5.41) is 0. The van der Waals surface area contributed by atoms with Crippen LogP contribution in [-0.4, -0.2) is 43.9 Å². The van der Waals surface area contributed by atoms with Gasteiger partial charge in [0.2, 0.25) is 0 Å². The molecular formula is C21H42NO+. The summed E-state index contributed by atoms with van der Waals surface area (Å²) in [6.45, 7) is 16.8. The van der Waals surface area contributed by atoms with Crippen LogP contribution in [0, 0.1) is 16.7 Å². The van der Waals surface area contributed by atoms with E-state index in [2.05, 4.69) is 41.7 Å². The molecule has 0 radical (unpaired) electrons. The summed E-state index contributed by atoms with van der Waals surface area (Å²) in [7, 11) is 2.45. The van der Waals surface area contributed by atoms with Gasteiger partial charge >= 0.3 is 0 Å². The standard InChI is InChI=1S/C21H42NO/c1-7-9-13-22(6,14-10-8-2)15-16-23-19-17-18-11-12-21(19,5)20(18,3)4/h18-19H,7-17H2,1-6H3/q+1/t18-,19-,21-/m1/s1. The highest BCUT2D eigenvalue weighted by Gasteiger charge is 2.61. The lowest BCUT2D eigenvalue weighted by atomic mass is 9.70. The molecule has 0 spiro atoms. The predicted molar refractivity (Wildman–Crippen MR) is 99.6 cm³/mol. The highest BCUT2D eigenvalue weighted by atomic mass is 16.5. The Kier molecular flexibility index (Phi) is 6.22. The Labute approximate surface area is 145 Å². The minimum absolute atomic E-state index is 0.411. The summed E-state index contributed by atoms with van der Waals surface area (Å²) < 4.78 is 7.72. The zero-order valence-electron chi connectivity index (χ0n) is 16.8. The van der Waals surface area contributed by atoms with E-state index in [1.165, 1.54) is 69.1 Å². The molecule has 2 aliphatic rings.